The number of ether oxygens (including phenoxy) is 1. The molecule has 6 nitrogen and oxygen atoms in total. The number of nitrogens with one attached hydrogen (secondary N) is 1. The van der Waals surface area contributed by atoms with Crippen LogP contribution in [0.15, 0.2) is 12.2 Å². The van der Waals surface area contributed by atoms with Crippen molar-refractivity contribution in [1.82, 2.24) is 5.32 Å². The van der Waals surface area contributed by atoms with E-state index >= 15 is 0 Å². The molecular weight excluding hydrogens is 1020 g/mol. The third-order valence-corrected chi connectivity index (χ3v) is 18.3. The van der Waals surface area contributed by atoms with Crippen molar-refractivity contribution in [2.24, 2.45) is 0 Å². The molecule has 0 radical (unpaired) electrons. The first-order chi connectivity index (χ1) is 41.0. The molecule has 0 fully saturated rings. The fraction of sp³-hybridized carbons (Fsp3) is 0.948. The summed E-state index contributed by atoms with van der Waals surface area (Å²) >= 11 is 0. The lowest BCUT2D eigenvalue weighted by Crippen LogP contribution is -2.45. The molecule has 6 heteroatoms. The minimum absolute atomic E-state index is 0.0245. The zero-order valence-corrected chi connectivity index (χ0v) is 56.7. The first-order valence-electron chi connectivity index (χ1n) is 38.5. The summed E-state index contributed by atoms with van der Waals surface area (Å²) in [5.41, 5.74) is 0. The van der Waals surface area contributed by atoms with Gasteiger partial charge in [0, 0.05) is 12.8 Å². The molecule has 83 heavy (non-hydrogen) atoms. The largest absolute Gasteiger partial charge is 0.466 e. The van der Waals surface area contributed by atoms with Gasteiger partial charge in [-0.15, -0.1) is 0 Å². The first kappa shape index (κ1) is 81.6. The highest BCUT2D eigenvalue weighted by Gasteiger charge is 2.18. The number of hydrogen-bond donors (Lipinski definition) is 3. The van der Waals surface area contributed by atoms with Crippen LogP contribution in [0.4, 0.5) is 0 Å². The van der Waals surface area contributed by atoms with E-state index in [1.165, 1.54) is 379 Å². The Kier molecular flexibility index (Phi) is 71.8. The SMILES string of the molecule is CCCCCCCCCCCCCCCCCCCC/C=C/C(O)C(CO)NC(=O)CCCCCCCCCCCCCCCCCCCCCCCCCCCCCCCCCOC(=O)CCCCCCCCCCCCCCCCC. The smallest absolute Gasteiger partial charge is 0.305 e. The minimum Gasteiger partial charge on any atom is -0.466 e. The molecule has 0 aliphatic carbocycles. The van der Waals surface area contributed by atoms with E-state index in [2.05, 4.69) is 19.2 Å². The van der Waals surface area contributed by atoms with Gasteiger partial charge in [-0.25, -0.2) is 0 Å². The summed E-state index contributed by atoms with van der Waals surface area (Å²) in [6.45, 7) is 4.96. The van der Waals surface area contributed by atoms with Crippen LogP contribution in [0.1, 0.15) is 444 Å². The summed E-state index contributed by atoms with van der Waals surface area (Å²) in [6, 6.07) is -0.625. The number of carbonyl (C=O) groups excluding carboxylic acids is 2. The fourth-order valence-electron chi connectivity index (χ4n) is 12.5. The Morgan fingerprint density at radius 2 is 0.554 bits per heavy atom. The lowest BCUT2D eigenvalue weighted by Gasteiger charge is -2.20. The van der Waals surface area contributed by atoms with E-state index in [0.29, 0.717) is 19.4 Å². The monoisotopic (exact) mass is 1170 g/mol. The molecule has 0 bridgehead atoms. The lowest BCUT2D eigenvalue weighted by atomic mass is 10.0. The van der Waals surface area contributed by atoms with Crippen LogP contribution in [0.5, 0.6) is 0 Å². The summed E-state index contributed by atoms with van der Waals surface area (Å²) in [7, 11) is 0. The molecular formula is C77H151NO5. The van der Waals surface area contributed by atoms with Crippen LogP contribution >= 0.6 is 0 Å². The van der Waals surface area contributed by atoms with Crippen molar-refractivity contribution < 1.29 is 24.5 Å². The van der Waals surface area contributed by atoms with Gasteiger partial charge in [0.1, 0.15) is 0 Å². The molecule has 0 saturated carbocycles. The molecule has 0 rings (SSSR count). The van der Waals surface area contributed by atoms with E-state index < -0.39 is 12.1 Å². The Bertz CT molecular complexity index is 1260. The maximum Gasteiger partial charge on any atom is 0.305 e. The molecule has 1 amide bonds. The molecule has 0 saturated heterocycles. The number of rotatable bonds is 73. The number of amides is 1. The molecule has 2 unspecified atom stereocenters. The number of hydrogen-bond acceptors (Lipinski definition) is 5. The van der Waals surface area contributed by atoms with Crippen molar-refractivity contribution in [2.75, 3.05) is 13.2 Å². The van der Waals surface area contributed by atoms with Crippen LogP contribution in [-0.4, -0.2) is 47.4 Å². The molecule has 0 aliphatic rings. The van der Waals surface area contributed by atoms with Crippen molar-refractivity contribution in [3.8, 4) is 0 Å². The van der Waals surface area contributed by atoms with E-state index in [9.17, 15) is 19.8 Å². The molecule has 0 heterocycles. The highest BCUT2D eigenvalue weighted by molar-refractivity contribution is 5.76. The second-order valence-electron chi connectivity index (χ2n) is 26.7. The standard InChI is InChI=1S/C77H151NO5/c1-3-5-7-9-11-13-15-17-19-20-21-35-38-42-45-49-53-57-61-65-69-75(80)74(73-79)78-76(81)70-66-62-58-54-50-46-43-39-36-33-31-29-27-25-23-22-24-26-28-30-32-34-37-40-44-48-52-56-60-64-68-72-83-77(82)71-67-63-59-55-51-47-41-18-16-14-12-10-8-6-4-2/h65,69,74-75,79-80H,3-64,66-68,70-73H2,1-2H3,(H,78,81)/b69-65+. The van der Waals surface area contributed by atoms with Gasteiger partial charge in [0.25, 0.3) is 0 Å². The van der Waals surface area contributed by atoms with Gasteiger partial charge in [-0.05, 0) is 32.1 Å². The summed E-state index contributed by atoms with van der Waals surface area (Å²) in [5.74, 6) is -0.0344. The number of aliphatic hydroxyl groups excluding tert-OH is 2. The average molecular weight is 1170 g/mol. The molecule has 0 aromatic rings. The van der Waals surface area contributed by atoms with E-state index in [4.69, 9.17) is 4.74 Å². The van der Waals surface area contributed by atoms with Gasteiger partial charge in [-0.3, -0.25) is 9.59 Å². The van der Waals surface area contributed by atoms with Gasteiger partial charge in [0.05, 0.1) is 25.4 Å². The van der Waals surface area contributed by atoms with Gasteiger partial charge < -0.3 is 20.3 Å². The van der Waals surface area contributed by atoms with E-state index in [1.54, 1.807) is 6.08 Å². The number of unbranched alkanes of at least 4 members (excludes halogenated alkanes) is 62. The van der Waals surface area contributed by atoms with Gasteiger partial charge in [0.15, 0.2) is 0 Å². The normalized spacial score (nSPS) is 12.5. The molecule has 0 aromatic heterocycles. The second kappa shape index (κ2) is 73.1. The first-order valence-corrected chi connectivity index (χ1v) is 38.5. The van der Waals surface area contributed by atoms with Crippen molar-refractivity contribution in [2.45, 2.75) is 456 Å². The van der Waals surface area contributed by atoms with Crippen LogP contribution in [0.25, 0.3) is 0 Å². The zero-order chi connectivity index (χ0) is 59.9. The topological polar surface area (TPSA) is 95.9 Å². The minimum atomic E-state index is -0.842. The van der Waals surface area contributed by atoms with E-state index in [-0.39, 0.29) is 18.5 Å². The van der Waals surface area contributed by atoms with E-state index in [0.717, 1.165) is 38.5 Å². The second-order valence-corrected chi connectivity index (χ2v) is 26.7. The Morgan fingerprint density at radius 1 is 0.325 bits per heavy atom. The maximum atomic E-state index is 12.5. The predicted octanol–water partition coefficient (Wildman–Crippen LogP) is 25.1. The lowest BCUT2D eigenvalue weighted by molar-refractivity contribution is -0.143. The Balaban J connectivity index is 3.34. The third kappa shape index (κ3) is 69.6. The van der Waals surface area contributed by atoms with Crippen molar-refractivity contribution in [3.63, 3.8) is 0 Å². The van der Waals surface area contributed by atoms with Crippen LogP contribution in [0.2, 0.25) is 0 Å². The highest BCUT2D eigenvalue weighted by Crippen LogP contribution is 2.20. The molecule has 494 valence electrons. The van der Waals surface area contributed by atoms with Crippen molar-refractivity contribution in [3.05, 3.63) is 12.2 Å². The zero-order valence-electron chi connectivity index (χ0n) is 56.7. The molecule has 0 aromatic carbocycles. The van der Waals surface area contributed by atoms with Crippen LogP contribution in [-0.2, 0) is 14.3 Å². The summed E-state index contributed by atoms with van der Waals surface area (Å²) in [5, 5.41) is 23.3. The highest BCUT2D eigenvalue weighted by atomic mass is 16.5. The van der Waals surface area contributed by atoms with Gasteiger partial charge in [0.2, 0.25) is 5.91 Å². The Morgan fingerprint density at radius 3 is 0.819 bits per heavy atom. The summed E-state index contributed by atoms with van der Waals surface area (Å²) in [6.07, 6.45) is 91.8. The Hall–Kier alpha value is -1.40. The van der Waals surface area contributed by atoms with Crippen LogP contribution in [0, 0.1) is 0 Å². The Labute approximate surface area is 520 Å². The van der Waals surface area contributed by atoms with Gasteiger partial charge >= 0.3 is 5.97 Å². The third-order valence-electron chi connectivity index (χ3n) is 18.3. The molecule has 0 spiro atoms. The average Bonchev–Trinajstić information content (AvgIpc) is 3.49. The summed E-state index contributed by atoms with van der Waals surface area (Å²) in [4.78, 5) is 24.6. The molecule has 2 atom stereocenters. The number of carbonyl (C=O) groups is 2. The quantitative estimate of drug-likeness (QED) is 0.0320. The van der Waals surface area contributed by atoms with Gasteiger partial charge in [-0.2, -0.15) is 0 Å². The van der Waals surface area contributed by atoms with Crippen molar-refractivity contribution in [1.29, 1.82) is 0 Å². The predicted molar refractivity (Wildman–Crippen MR) is 366 cm³/mol. The number of esters is 1. The van der Waals surface area contributed by atoms with Gasteiger partial charge in [-0.1, -0.05) is 411 Å². The van der Waals surface area contributed by atoms with Crippen molar-refractivity contribution >= 4 is 11.9 Å². The summed E-state index contributed by atoms with van der Waals surface area (Å²) < 4.78 is 5.51. The molecule has 0 aliphatic heterocycles. The van der Waals surface area contributed by atoms with Crippen LogP contribution in [0.3, 0.4) is 0 Å². The van der Waals surface area contributed by atoms with Crippen LogP contribution < -0.4 is 5.32 Å². The number of allylic oxidation sites excluding steroid dienone is 1. The molecule has 3 N–H and O–H groups in total. The number of aliphatic hydroxyl groups is 2. The fourth-order valence-corrected chi connectivity index (χ4v) is 12.5. The van der Waals surface area contributed by atoms with E-state index in [1.807, 2.05) is 6.08 Å². The maximum absolute atomic E-state index is 12.5.